The molecule has 0 aliphatic carbocycles. The van der Waals surface area contributed by atoms with Gasteiger partial charge in [0.05, 0.1) is 4.90 Å². The van der Waals surface area contributed by atoms with E-state index in [4.69, 9.17) is 0 Å². The number of sulfonamides is 1. The van der Waals surface area contributed by atoms with Crippen molar-refractivity contribution in [2.45, 2.75) is 31.1 Å². The molecule has 2 heterocycles. The van der Waals surface area contributed by atoms with Crippen LogP contribution in [-0.4, -0.2) is 43.9 Å². The standard InChI is InChI=1S/C13H23N3O2S/c1-2-8-16(11-12-4-3-6-14-9-12)19(17,18)13-5-7-15-10-13/h5,7,10,12,14-15H,2-4,6,8-9,11H2,1H3. The summed E-state index contributed by atoms with van der Waals surface area (Å²) in [5.41, 5.74) is 0. The molecule has 0 bridgehead atoms. The van der Waals surface area contributed by atoms with Gasteiger partial charge in [-0.05, 0) is 44.3 Å². The summed E-state index contributed by atoms with van der Waals surface area (Å²) in [6, 6.07) is 1.62. The molecule has 1 saturated heterocycles. The third-order valence-electron chi connectivity index (χ3n) is 3.54. The molecule has 0 aromatic carbocycles. The maximum Gasteiger partial charge on any atom is 0.244 e. The summed E-state index contributed by atoms with van der Waals surface area (Å²) in [5, 5.41) is 3.34. The molecule has 0 spiro atoms. The molecule has 2 N–H and O–H groups in total. The first-order chi connectivity index (χ1) is 9.14. The molecular formula is C13H23N3O2S. The lowest BCUT2D eigenvalue weighted by Crippen LogP contribution is -2.41. The Hall–Kier alpha value is -0.850. The Morgan fingerprint density at radius 1 is 1.47 bits per heavy atom. The maximum absolute atomic E-state index is 12.5. The fraction of sp³-hybridized carbons (Fsp3) is 0.692. The van der Waals surface area contributed by atoms with Crippen molar-refractivity contribution in [3.63, 3.8) is 0 Å². The molecule has 1 fully saturated rings. The van der Waals surface area contributed by atoms with E-state index in [0.29, 0.717) is 23.9 Å². The Kier molecular flexibility index (Phi) is 5.01. The Balaban J connectivity index is 2.10. The van der Waals surface area contributed by atoms with Crippen LogP contribution in [0.4, 0.5) is 0 Å². The number of piperidine rings is 1. The third kappa shape index (κ3) is 3.58. The zero-order valence-corrected chi connectivity index (χ0v) is 12.2. The molecular weight excluding hydrogens is 262 g/mol. The van der Waals surface area contributed by atoms with Crippen LogP contribution >= 0.6 is 0 Å². The summed E-state index contributed by atoms with van der Waals surface area (Å²) in [4.78, 5) is 3.18. The van der Waals surface area contributed by atoms with Gasteiger partial charge < -0.3 is 10.3 Å². The summed E-state index contributed by atoms with van der Waals surface area (Å²) in [6.07, 6.45) is 6.28. The van der Waals surface area contributed by atoms with Crippen molar-refractivity contribution in [1.82, 2.24) is 14.6 Å². The number of hydrogen-bond donors (Lipinski definition) is 2. The molecule has 5 nitrogen and oxygen atoms in total. The van der Waals surface area contributed by atoms with Gasteiger partial charge >= 0.3 is 0 Å². The number of nitrogens with zero attached hydrogens (tertiary/aromatic N) is 1. The van der Waals surface area contributed by atoms with E-state index < -0.39 is 10.0 Å². The van der Waals surface area contributed by atoms with Gasteiger partial charge in [0, 0.05) is 25.5 Å². The average molecular weight is 285 g/mol. The molecule has 1 unspecified atom stereocenters. The summed E-state index contributed by atoms with van der Waals surface area (Å²) < 4.78 is 26.7. The fourth-order valence-corrected chi connectivity index (χ4v) is 4.13. The number of aromatic nitrogens is 1. The highest BCUT2D eigenvalue weighted by Gasteiger charge is 2.27. The Bertz CT molecular complexity index is 464. The molecule has 108 valence electrons. The smallest absolute Gasteiger partial charge is 0.244 e. The minimum absolute atomic E-state index is 0.365. The largest absolute Gasteiger partial charge is 0.366 e. The average Bonchev–Trinajstić information content (AvgIpc) is 2.94. The van der Waals surface area contributed by atoms with Crippen molar-refractivity contribution in [3.05, 3.63) is 18.5 Å². The Morgan fingerprint density at radius 2 is 2.32 bits per heavy atom. The Labute approximate surface area is 115 Å². The van der Waals surface area contributed by atoms with Crippen LogP contribution in [-0.2, 0) is 10.0 Å². The SMILES string of the molecule is CCCN(CC1CCCNC1)S(=O)(=O)c1cc[nH]c1. The highest BCUT2D eigenvalue weighted by atomic mass is 32.2. The third-order valence-corrected chi connectivity index (χ3v) is 5.40. The van der Waals surface area contributed by atoms with Gasteiger partial charge in [-0.1, -0.05) is 6.92 Å². The second-order valence-electron chi connectivity index (χ2n) is 5.12. The van der Waals surface area contributed by atoms with Gasteiger partial charge in [-0.15, -0.1) is 0 Å². The highest BCUT2D eigenvalue weighted by molar-refractivity contribution is 7.89. The first-order valence-corrected chi connectivity index (χ1v) is 8.42. The van der Waals surface area contributed by atoms with Crippen LogP contribution in [0.3, 0.4) is 0 Å². The minimum atomic E-state index is -3.34. The van der Waals surface area contributed by atoms with E-state index in [1.807, 2.05) is 6.92 Å². The van der Waals surface area contributed by atoms with Crippen LogP contribution < -0.4 is 5.32 Å². The number of rotatable bonds is 6. The Morgan fingerprint density at radius 3 is 2.89 bits per heavy atom. The van der Waals surface area contributed by atoms with Gasteiger partial charge in [-0.3, -0.25) is 0 Å². The molecule has 0 amide bonds. The van der Waals surface area contributed by atoms with E-state index in [2.05, 4.69) is 10.3 Å². The lowest BCUT2D eigenvalue weighted by atomic mass is 10.00. The monoisotopic (exact) mass is 285 g/mol. The van der Waals surface area contributed by atoms with Crippen molar-refractivity contribution in [2.75, 3.05) is 26.2 Å². The van der Waals surface area contributed by atoms with Crippen LogP contribution in [0.1, 0.15) is 26.2 Å². The number of H-pyrrole nitrogens is 1. The lowest BCUT2D eigenvalue weighted by molar-refractivity contribution is 0.291. The van der Waals surface area contributed by atoms with Gasteiger partial charge in [0.2, 0.25) is 10.0 Å². The maximum atomic E-state index is 12.5. The van der Waals surface area contributed by atoms with Gasteiger partial charge in [-0.2, -0.15) is 4.31 Å². The zero-order chi connectivity index (χ0) is 13.7. The molecule has 2 rings (SSSR count). The van der Waals surface area contributed by atoms with E-state index >= 15 is 0 Å². The van der Waals surface area contributed by atoms with Crippen LogP contribution in [0.15, 0.2) is 23.4 Å². The molecule has 1 aliphatic heterocycles. The molecule has 1 atom stereocenters. The number of nitrogens with one attached hydrogen (secondary N) is 2. The van der Waals surface area contributed by atoms with Gasteiger partial charge in [0.1, 0.15) is 0 Å². The molecule has 1 aromatic heterocycles. The highest BCUT2D eigenvalue weighted by Crippen LogP contribution is 2.19. The van der Waals surface area contributed by atoms with Crippen LogP contribution in [0, 0.1) is 5.92 Å². The van der Waals surface area contributed by atoms with Crippen molar-refractivity contribution in [3.8, 4) is 0 Å². The topological polar surface area (TPSA) is 65.2 Å². The van der Waals surface area contributed by atoms with Crippen LogP contribution in [0.25, 0.3) is 0 Å². The first kappa shape index (κ1) is 14.6. The van der Waals surface area contributed by atoms with Gasteiger partial charge in [0.25, 0.3) is 0 Å². The van der Waals surface area contributed by atoms with E-state index in [1.165, 1.54) is 0 Å². The molecule has 1 aliphatic rings. The minimum Gasteiger partial charge on any atom is -0.366 e. The summed E-state index contributed by atoms with van der Waals surface area (Å²) in [6.45, 7) is 5.19. The first-order valence-electron chi connectivity index (χ1n) is 6.98. The van der Waals surface area contributed by atoms with Gasteiger partial charge in [-0.25, -0.2) is 8.42 Å². The van der Waals surface area contributed by atoms with Crippen LogP contribution in [0.5, 0.6) is 0 Å². The summed E-state index contributed by atoms with van der Waals surface area (Å²) in [5.74, 6) is 0.425. The number of aromatic amines is 1. The second-order valence-corrected chi connectivity index (χ2v) is 7.06. The molecule has 0 saturated carbocycles. The number of hydrogen-bond acceptors (Lipinski definition) is 3. The summed E-state index contributed by atoms with van der Waals surface area (Å²) >= 11 is 0. The van der Waals surface area contributed by atoms with E-state index in [0.717, 1.165) is 32.4 Å². The van der Waals surface area contributed by atoms with Crippen molar-refractivity contribution >= 4 is 10.0 Å². The summed E-state index contributed by atoms with van der Waals surface area (Å²) in [7, 11) is -3.34. The predicted molar refractivity (Wildman–Crippen MR) is 75.4 cm³/mol. The molecule has 1 aromatic rings. The van der Waals surface area contributed by atoms with Crippen molar-refractivity contribution in [2.24, 2.45) is 5.92 Å². The van der Waals surface area contributed by atoms with Crippen molar-refractivity contribution in [1.29, 1.82) is 0 Å². The van der Waals surface area contributed by atoms with Crippen molar-refractivity contribution < 1.29 is 8.42 Å². The normalized spacial score (nSPS) is 20.8. The fourth-order valence-electron chi connectivity index (χ4n) is 2.54. The van der Waals surface area contributed by atoms with E-state index in [-0.39, 0.29) is 0 Å². The molecule has 19 heavy (non-hydrogen) atoms. The van der Waals surface area contributed by atoms with Crippen LogP contribution in [0.2, 0.25) is 0 Å². The second kappa shape index (κ2) is 6.54. The molecule has 0 radical (unpaired) electrons. The quantitative estimate of drug-likeness (QED) is 0.830. The van der Waals surface area contributed by atoms with E-state index in [1.54, 1.807) is 22.8 Å². The predicted octanol–water partition coefficient (Wildman–Crippen LogP) is 1.41. The van der Waals surface area contributed by atoms with Gasteiger partial charge in [0.15, 0.2) is 0 Å². The van der Waals surface area contributed by atoms with E-state index in [9.17, 15) is 8.42 Å². The lowest BCUT2D eigenvalue weighted by Gasteiger charge is -2.29. The zero-order valence-electron chi connectivity index (χ0n) is 11.4. The molecule has 6 heteroatoms.